The van der Waals surface area contributed by atoms with Crippen LogP contribution in [-0.4, -0.2) is 15.0 Å². The summed E-state index contributed by atoms with van der Waals surface area (Å²) in [6, 6.07) is 3.98. The molecule has 0 unspecified atom stereocenters. The van der Waals surface area contributed by atoms with Crippen molar-refractivity contribution in [2.24, 2.45) is 5.14 Å². The Kier molecular flexibility index (Phi) is 3.17. The van der Waals surface area contributed by atoms with E-state index in [0.717, 1.165) is 25.0 Å². The van der Waals surface area contributed by atoms with Gasteiger partial charge in [-0.15, -0.1) is 0 Å². The van der Waals surface area contributed by atoms with Crippen LogP contribution in [0.15, 0.2) is 29.3 Å². The number of hydrogen-bond acceptors (Lipinski definition) is 3. The van der Waals surface area contributed by atoms with Gasteiger partial charge in [0.25, 0.3) is 0 Å². The molecule has 0 aromatic heterocycles. The van der Waals surface area contributed by atoms with E-state index < -0.39 is 20.7 Å². The van der Waals surface area contributed by atoms with E-state index >= 15 is 0 Å². The zero-order chi connectivity index (χ0) is 12.5. The number of nitrogens with two attached hydrogens (primary N) is 1. The molecule has 0 radical (unpaired) electrons. The fourth-order valence-corrected chi connectivity index (χ4v) is 2.40. The number of allylic oxidation sites excluding steroid dienone is 1. The lowest BCUT2D eigenvalue weighted by Gasteiger charge is -2.14. The molecule has 2 rings (SSSR count). The minimum absolute atomic E-state index is 0.467. The molecule has 1 aromatic carbocycles. The second-order valence-corrected chi connectivity index (χ2v) is 5.45. The number of nitrogens with one attached hydrogen (secondary N) is 1. The van der Waals surface area contributed by atoms with Crippen LogP contribution in [0.25, 0.3) is 5.57 Å². The molecule has 0 fully saturated rings. The molecule has 0 atom stereocenters. The van der Waals surface area contributed by atoms with Gasteiger partial charge in [-0.1, -0.05) is 6.07 Å². The normalized spacial score (nSPS) is 16.2. The average molecular weight is 256 g/mol. The summed E-state index contributed by atoms with van der Waals surface area (Å²) < 4.78 is 35.7. The molecule has 17 heavy (non-hydrogen) atoms. The van der Waals surface area contributed by atoms with Gasteiger partial charge in [0.1, 0.15) is 10.7 Å². The SMILES string of the molecule is NS(=O)(=O)c1ccc(C2=CNCCC2)cc1F. The first-order chi connectivity index (χ1) is 7.98. The molecule has 6 heteroatoms. The molecular formula is C11H13FN2O2S. The van der Waals surface area contributed by atoms with Gasteiger partial charge in [-0.25, -0.2) is 17.9 Å². The fourth-order valence-electron chi connectivity index (χ4n) is 1.81. The van der Waals surface area contributed by atoms with Gasteiger partial charge in [-0.05, 0) is 36.1 Å². The van der Waals surface area contributed by atoms with Crippen molar-refractivity contribution in [3.8, 4) is 0 Å². The zero-order valence-corrected chi connectivity index (χ0v) is 9.93. The van der Waals surface area contributed by atoms with Crippen LogP contribution < -0.4 is 10.5 Å². The molecule has 92 valence electrons. The molecule has 1 aliphatic heterocycles. The van der Waals surface area contributed by atoms with Crippen molar-refractivity contribution in [3.63, 3.8) is 0 Å². The van der Waals surface area contributed by atoms with Crippen molar-refractivity contribution in [1.82, 2.24) is 5.32 Å². The number of rotatable bonds is 2. The smallest absolute Gasteiger partial charge is 0.240 e. The third-order valence-corrected chi connectivity index (χ3v) is 3.60. The Morgan fingerprint density at radius 3 is 2.65 bits per heavy atom. The van der Waals surface area contributed by atoms with E-state index in [4.69, 9.17) is 5.14 Å². The fraction of sp³-hybridized carbons (Fsp3) is 0.273. The van der Waals surface area contributed by atoms with Gasteiger partial charge in [0.15, 0.2) is 0 Å². The zero-order valence-electron chi connectivity index (χ0n) is 9.11. The highest BCUT2D eigenvalue weighted by atomic mass is 32.2. The third-order valence-electron chi connectivity index (χ3n) is 2.65. The molecule has 3 N–H and O–H groups in total. The summed E-state index contributed by atoms with van der Waals surface area (Å²) in [5.74, 6) is -0.809. The van der Waals surface area contributed by atoms with Crippen LogP contribution in [0.1, 0.15) is 18.4 Å². The molecule has 0 saturated carbocycles. The molecule has 0 bridgehead atoms. The van der Waals surface area contributed by atoms with Crippen LogP contribution in [0, 0.1) is 5.82 Å². The third kappa shape index (κ3) is 2.65. The summed E-state index contributed by atoms with van der Waals surface area (Å²) in [4.78, 5) is -0.467. The first kappa shape index (κ1) is 12.1. The minimum Gasteiger partial charge on any atom is -0.391 e. The highest BCUT2D eigenvalue weighted by Gasteiger charge is 2.16. The maximum atomic E-state index is 13.6. The molecule has 1 aromatic rings. The van der Waals surface area contributed by atoms with Crippen molar-refractivity contribution < 1.29 is 12.8 Å². The van der Waals surface area contributed by atoms with Gasteiger partial charge in [-0.2, -0.15) is 0 Å². The number of primary sulfonamides is 1. The van der Waals surface area contributed by atoms with Crippen molar-refractivity contribution in [2.75, 3.05) is 6.54 Å². The molecule has 0 spiro atoms. The Bertz CT molecular complexity index is 567. The summed E-state index contributed by atoms with van der Waals surface area (Å²) >= 11 is 0. The van der Waals surface area contributed by atoms with Crippen molar-refractivity contribution in [1.29, 1.82) is 0 Å². The van der Waals surface area contributed by atoms with Gasteiger partial charge in [-0.3, -0.25) is 0 Å². The predicted molar refractivity (Wildman–Crippen MR) is 63.0 cm³/mol. The first-order valence-electron chi connectivity index (χ1n) is 5.23. The van der Waals surface area contributed by atoms with Crippen LogP contribution in [0.2, 0.25) is 0 Å². The number of sulfonamides is 1. The summed E-state index contributed by atoms with van der Waals surface area (Å²) in [6.45, 7) is 0.904. The van der Waals surface area contributed by atoms with E-state index in [2.05, 4.69) is 5.32 Å². The van der Waals surface area contributed by atoms with Crippen LogP contribution >= 0.6 is 0 Å². The minimum atomic E-state index is -3.99. The molecule has 4 nitrogen and oxygen atoms in total. The van der Waals surface area contributed by atoms with Gasteiger partial charge >= 0.3 is 0 Å². The number of benzene rings is 1. The molecule has 0 aliphatic carbocycles. The summed E-state index contributed by atoms with van der Waals surface area (Å²) in [5.41, 5.74) is 1.65. The van der Waals surface area contributed by atoms with Gasteiger partial charge in [0.2, 0.25) is 10.0 Å². The van der Waals surface area contributed by atoms with E-state index in [0.29, 0.717) is 5.56 Å². The monoisotopic (exact) mass is 256 g/mol. The quantitative estimate of drug-likeness (QED) is 0.835. The van der Waals surface area contributed by atoms with Crippen molar-refractivity contribution in [2.45, 2.75) is 17.7 Å². The van der Waals surface area contributed by atoms with E-state index in [-0.39, 0.29) is 0 Å². The standard InChI is InChI=1S/C11H13FN2O2S/c12-10-6-8(9-2-1-5-14-7-9)3-4-11(10)17(13,15)16/h3-4,6-7,14H,1-2,5H2,(H2,13,15,16). The molecule has 0 amide bonds. The summed E-state index contributed by atoms with van der Waals surface area (Å²) in [6.07, 6.45) is 3.65. The lowest BCUT2D eigenvalue weighted by molar-refractivity contribution is 0.567. The maximum absolute atomic E-state index is 13.6. The van der Waals surface area contributed by atoms with E-state index in [1.165, 1.54) is 12.1 Å². The second kappa shape index (κ2) is 4.46. The van der Waals surface area contributed by atoms with Gasteiger partial charge in [0.05, 0.1) is 0 Å². The van der Waals surface area contributed by atoms with Crippen molar-refractivity contribution in [3.05, 3.63) is 35.8 Å². The first-order valence-corrected chi connectivity index (χ1v) is 6.78. The van der Waals surface area contributed by atoms with E-state index in [1.54, 1.807) is 6.07 Å². The number of hydrogen-bond donors (Lipinski definition) is 2. The topological polar surface area (TPSA) is 72.2 Å². The Balaban J connectivity index is 2.40. The molecular weight excluding hydrogens is 243 g/mol. The Labute approximate surface area is 99.4 Å². The van der Waals surface area contributed by atoms with Crippen LogP contribution in [0.3, 0.4) is 0 Å². The van der Waals surface area contributed by atoms with E-state index in [1.807, 2.05) is 6.20 Å². The summed E-state index contributed by atoms with van der Waals surface area (Å²) in [7, 11) is -3.99. The number of halogens is 1. The highest BCUT2D eigenvalue weighted by molar-refractivity contribution is 7.89. The lowest BCUT2D eigenvalue weighted by Crippen LogP contribution is -2.15. The lowest BCUT2D eigenvalue weighted by atomic mass is 10.0. The van der Waals surface area contributed by atoms with E-state index in [9.17, 15) is 12.8 Å². The van der Waals surface area contributed by atoms with Crippen LogP contribution in [0.4, 0.5) is 4.39 Å². The van der Waals surface area contributed by atoms with Gasteiger partial charge < -0.3 is 5.32 Å². The maximum Gasteiger partial charge on any atom is 0.240 e. The second-order valence-electron chi connectivity index (χ2n) is 3.92. The molecule has 1 heterocycles. The summed E-state index contributed by atoms with van der Waals surface area (Å²) in [5, 5.41) is 7.96. The van der Waals surface area contributed by atoms with Gasteiger partial charge in [0, 0.05) is 12.7 Å². The van der Waals surface area contributed by atoms with Crippen LogP contribution in [0.5, 0.6) is 0 Å². The van der Waals surface area contributed by atoms with Crippen LogP contribution in [-0.2, 0) is 10.0 Å². The average Bonchev–Trinajstić information content (AvgIpc) is 2.28. The Morgan fingerprint density at radius 2 is 2.12 bits per heavy atom. The molecule has 1 aliphatic rings. The largest absolute Gasteiger partial charge is 0.391 e. The Hall–Kier alpha value is -1.40. The van der Waals surface area contributed by atoms with Crippen molar-refractivity contribution >= 4 is 15.6 Å². The highest BCUT2D eigenvalue weighted by Crippen LogP contribution is 2.24. The molecule has 0 saturated heterocycles. The predicted octanol–water partition coefficient (Wildman–Crippen LogP) is 1.20. The Morgan fingerprint density at radius 1 is 1.35 bits per heavy atom.